The van der Waals surface area contributed by atoms with Gasteiger partial charge in [-0.3, -0.25) is 4.79 Å². The molecule has 1 aromatic rings. The predicted molar refractivity (Wildman–Crippen MR) is 70.3 cm³/mol. The monoisotopic (exact) mass is 252 g/mol. The molecule has 1 saturated carbocycles. The molecule has 2 atom stereocenters. The first-order valence-electron chi connectivity index (χ1n) is 6.51. The fourth-order valence-corrected chi connectivity index (χ4v) is 3.55. The number of carbonyl (C=O) groups is 1. The molecule has 1 fully saturated rings. The first-order chi connectivity index (χ1) is 8.27. The van der Waals surface area contributed by atoms with Crippen molar-refractivity contribution in [1.82, 2.24) is 0 Å². The van der Waals surface area contributed by atoms with Gasteiger partial charge in [0, 0.05) is 0 Å². The van der Waals surface area contributed by atoms with Gasteiger partial charge in [0.25, 0.3) is 0 Å². The maximum atomic E-state index is 11.3. The smallest absolute Gasteiger partial charge is 0.306 e. The van der Waals surface area contributed by atoms with Gasteiger partial charge in [-0.25, -0.2) is 0 Å². The summed E-state index contributed by atoms with van der Waals surface area (Å²) in [7, 11) is 0. The van der Waals surface area contributed by atoms with Crippen molar-refractivity contribution in [2.45, 2.75) is 44.9 Å². The third kappa shape index (κ3) is 3.56. The average molecular weight is 252 g/mol. The van der Waals surface area contributed by atoms with Crippen LogP contribution in [0, 0.1) is 11.8 Å². The fraction of sp³-hybridized carbons (Fsp3) is 0.643. The van der Waals surface area contributed by atoms with Crippen molar-refractivity contribution in [3.05, 3.63) is 22.4 Å². The Kier molecular flexibility index (Phi) is 4.60. The van der Waals surface area contributed by atoms with E-state index in [9.17, 15) is 9.90 Å². The van der Waals surface area contributed by atoms with Crippen molar-refractivity contribution in [2.24, 2.45) is 11.8 Å². The van der Waals surface area contributed by atoms with Gasteiger partial charge in [-0.15, -0.1) is 0 Å². The number of rotatable bonds is 4. The second-order valence-electron chi connectivity index (χ2n) is 5.01. The van der Waals surface area contributed by atoms with Crippen molar-refractivity contribution in [3.8, 4) is 0 Å². The van der Waals surface area contributed by atoms with Crippen LogP contribution in [0.5, 0.6) is 0 Å². The van der Waals surface area contributed by atoms with Gasteiger partial charge in [0.05, 0.1) is 5.92 Å². The largest absolute Gasteiger partial charge is 0.481 e. The third-order valence-corrected chi connectivity index (χ3v) is 4.59. The zero-order chi connectivity index (χ0) is 12.1. The van der Waals surface area contributed by atoms with Gasteiger partial charge in [-0.05, 0) is 54.0 Å². The summed E-state index contributed by atoms with van der Waals surface area (Å²) in [5.41, 5.74) is 1.36. The molecule has 0 amide bonds. The Bertz CT molecular complexity index is 345. The summed E-state index contributed by atoms with van der Waals surface area (Å²) >= 11 is 1.72. The van der Waals surface area contributed by atoms with Crippen molar-refractivity contribution >= 4 is 17.3 Å². The molecule has 94 valence electrons. The second-order valence-corrected chi connectivity index (χ2v) is 5.79. The minimum Gasteiger partial charge on any atom is -0.481 e. The van der Waals surface area contributed by atoms with Crippen LogP contribution in [0.1, 0.15) is 44.1 Å². The van der Waals surface area contributed by atoms with Crippen LogP contribution in [0.25, 0.3) is 0 Å². The van der Waals surface area contributed by atoms with Gasteiger partial charge in [0.2, 0.25) is 0 Å². The molecular formula is C14H20O2S. The summed E-state index contributed by atoms with van der Waals surface area (Å²) in [6.07, 6.45) is 7.55. The lowest BCUT2D eigenvalue weighted by Gasteiger charge is -2.21. The highest BCUT2D eigenvalue weighted by Gasteiger charge is 2.28. The number of hydrogen-bond acceptors (Lipinski definition) is 2. The highest BCUT2D eigenvalue weighted by molar-refractivity contribution is 7.07. The number of carboxylic acid groups (broad SMARTS) is 1. The Labute approximate surface area is 107 Å². The zero-order valence-electron chi connectivity index (χ0n) is 10.1. The molecule has 17 heavy (non-hydrogen) atoms. The minimum absolute atomic E-state index is 0.101. The van der Waals surface area contributed by atoms with Gasteiger partial charge < -0.3 is 5.11 Å². The Morgan fingerprint density at radius 2 is 2.18 bits per heavy atom. The summed E-state index contributed by atoms with van der Waals surface area (Å²) in [5, 5.41) is 13.6. The summed E-state index contributed by atoms with van der Waals surface area (Å²) in [6.45, 7) is 0. The number of aliphatic carboxylic acids is 1. The molecule has 0 spiro atoms. The van der Waals surface area contributed by atoms with Crippen LogP contribution in [-0.4, -0.2) is 11.1 Å². The van der Waals surface area contributed by atoms with Crippen LogP contribution in [0.4, 0.5) is 0 Å². The van der Waals surface area contributed by atoms with E-state index in [2.05, 4.69) is 16.8 Å². The summed E-state index contributed by atoms with van der Waals surface area (Å²) in [5.74, 6) is -0.298. The molecule has 1 N–H and O–H groups in total. The molecule has 3 heteroatoms. The highest BCUT2D eigenvalue weighted by Crippen LogP contribution is 2.32. The average Bonchev–Trinajstić information content (AvgIpc) is 2.70. The molecule has 0 radical (unpaired) electrons. The lowest BCUT2D eigenvalue weighted by molar-refractivity contribution is -0.144. The third-order valence-electron chi connectivity index (χ3n) is 3.86. The Balaban J connectivity index is 1.93. The van der Waals surface area contributed by atoms with Gasteiger partial charge in [-0.1, -0.05) is 19.3 Å². The Morgan fingerprint density at radius 1 is 1.35 bits per heavy atom. The Morgan fingerprint density at radius 3 is 2.88 bits per heavy atom. The van der Waals surface area contributed by atoms with Crippen LogP contribution in [0.2, 0.25) is 0 Å². The van der Waals surface area contributed by atoms with Crippen molar-refractivity contribution in [3.63, 3.8) is 0 Å². The molecule has 1 aliphatic rings. The fourth-order valence-electron chi connectivity index (χ4n) is 2.84. The number of aryl methyl sites for hydroxylation is 1. The SMILES string of the molecule is O=C(O)C1CCCCCC1CCc1ccsc1. The van der Waals surface area contributed by atoms with E-state index in [0.29, 0.717) is 5.92 Å². The Hall–Kier alpha value is -0.830. The maximum absolute atomic E-state index is 11.3. The quantitative estimate of drug-likeness (QED) is 0.823. The van der Waals surface area contributed by atoms with E-state index < -0.39 is 5.97 Å². The number of hydrogen-bond donors (Lipinski definition) is 1. The van der Waals surface area contributed by atoms with Gasteiger partial charge in [0.15, 0.2) is 0 Å². The molecule has 2 nitrogen and oxygen atoms in total. The summed E-state index contributed by atoms with van der Waals surface area (Å²) < 4.78 is 0. The van der Waals surface area contributed by atoms with Crippen molar-refractivity contribution < 1.29 is 9.90 Å². The van der Waals surface area contributed by atoms with Crippen LogP contribution in [-0.2, 0) is 11.2 Å². The number of thiophene rings is 1. The van der Waals surface area contributed by atoms with Crippen LogP contribution >= 0.6 is 11.3 Å². The van der Waals surface area contributed by atoms with Gasteiger partial charge >= 0.3 is 5.97 Å². The molecule has 0 aromatic carbocycles. The normalized spacial score (nSPS) is 25.4. The first kappa shape index (κ1) is 12.6. The molecule has 2 unspecified atom stereocenters. The van der Waals surface area contributed by atoms with E-state index in [1.165, 1.54) is 18.4 Å². The van der Waals surface area contributed by atoms with E-state index in [-0.39, 0.29) is 5.92 Å². The topological polar surface area (TPSA) is 37.3 Å². The maximum Gasteiger partial charge on any atom is 0.306 e. The zero-order valence-corrected chi connectivity index (χ0v) is 10.9. The highest BCUT2D eigenvalue weighted by atomic mass is 32.1. The molecule has 1 heterocycles. The summed E-state index contributed by atoms with van der Waals surface area (Å²) in [4.78, 5) is 11.3. The molecule has 0 aliphatic heterocycles. The van der Waals surface area contributed by atoms with E-state index in [1.807, 2.05) is 0 Å². The van der Waals surface area contributed by atoms with E-state index >= 15 is 0 Å². The standard InChI is InChI=1S/C14H20O2S/c15-14(16)13-5-3-1-2-4-12(13)7-6-11-8-9-17-10-11/h8-10,12-13H,1-7H2,(H,15,16). The summed E-state index contributed by atoms with van der Waals surface area (Å²) in [6, 6.07) is 2.15. The van der Waals surface area contributed by atoms with Gasteiger partial charge in [0.1, 0.15) is 0 Å². The molecular weight excluding hydrogens is 232 g/mol. The molecule has 2 rings (SSSR count). The predicted octanol–water partition coefficient (Wildman–Crippen LogP) is 3.96. The molecule has 1 aliphatic carbocycles. The number of carboxylic acids is 1. The van der Waals surface area contributed by atoms with E-state index in [4.69, 9.17) is 0 Å². The first-order valence-corrected chi connectivity index (χ1v) is 7.45. The van der Waals surface area contributed by atoms with Crippen molar-refractivity contribution in [1.29, 1.82) is 0 Å². The van der Waals surface area contributed by atoms with Gasteiger partial charge in [-0.2, -0.15) is 11.3 Å². The molecule has 0 saturated heterocycles. The van der Waals surface area contributed by atoms with E-state index in [1.54, 1.807) is 11.3 Å². The molecule has 1 aromatic heterocycles. The second kappa shape index (κ2) is 6.20. The lowest BCUT2D eigenvalue weighted by Crippen LogP contribution is -2.23. The lowest BCUT2D eigenvalue weighted by atomic mass is 9.84. The van der Waals surface area contributed by atoms with Crippen LogP contribution in [0.15, 0.2) is 16.8 Å². The van der Waals surface area contributed by atoms with Crippen LogP contribution < -0.4 is 0 Å². The van der Waals surface area contributed by atoms with Crippen molar-refractivity contribution in [2.75, 3.05) is 0 Å². The van der Waals surface area contributed by atoms with Crippen LogP contribution in [0.3, 0.4) is 0 Å². The molecule has 0 bridgehead atoms. The minimum atomic E-state index is -0.581. The van der Waals surface area contributed by atoms with E-state index in [0.717, 1.165) is 32.1 Å².